The van der Waals surface area contributed by atoms with Gasteiger partial charge in [0.2, 0.25) is 0 Å². The molecule has 3 aliphatic heterocycles. The highest BCUT2D eigenvalue weighted by Gasteiger charge is 2.29. The number of rotatable bonds is 3. The van der Waals surface area contributed by atoms with Crippen molar-refractivity contribution in [2.24, 2.45) is 4.99 Å². The van der Waals surface area contributed by atoms with Gasteiger partial charge in [0, 0.05) is 49.1 Å². The predicted octanol–water partition coefficient (Wildman–Crippen LogP) is 3.45. The predicted molar refractivity (Wildman–Crippen MR) is 125 cm³/mol. The molecule has 1 atom stereocenters. The molecule has 5 rings (SSSR count). The number of amides is 1. The Morgan fingerprint density at radius 2 is 1.85 bits per heavy atom. The number of aliphatic imine (C=N–C) groups is 1. The quantitative estimate of drug-likeness (QED) is 0.732. The molecule has 0 spiro atoms. The molecule has 6 nitrogen and oxygen atoms in total. The Balaban J connectivity index is 1.37. The van der Waals surface area contributed by atoms with Crippen LogP contribution in [0.4, 0.5) is 4.39 Å². The number of hydrogen-bond acceptors (Lipinski definition) is 5. The second-order valence-electron chi connectivity index (χ2n) is 8.56. The fourth-order valence-corrected chi connectivity index (χ4v) is 4.44. The summed E-state index contributed by atoms with van der Waals surface area (Å²) in [6.07, 6.45) is 5.66. The molecule has 0 aromatic heterocycles. The minimum absolute atomic E-state index is 0.00571. The first-order valence-corrected chi connectivity index (χ1v) is 11.0. The van der Waals surface area contributed by atoms with Crippen molar-refractivity contribution in [2.45, 2.75) is 6.04 Å². The van der Waals surface area contributed by atoms with Crippen molar-refractivity contribution in [3.05, 3.63) is 88.9 Å². The lowest BCUT2D eigenvalue weighted by Crippen LogP contribution is -2.47. The van der Waals surface area contributed by atoms with Gasteiger partial charge in [-0.2, -0.15) is 5.26 Å². The van der Waals surface area contributed by atoms with Gasteiger partial charge in [0.05, 0.1) is 24.2 Å². The Hall–Kier alpha value is -3.76. The van der Waals surface area contributed by atoms with Crippen LogP contribution >= 0.6 is 0 Å². The monoisotopic (exact) mass is 441 g/mol. The Morgan fingerprint density at radius 3 is 2.55 bits per heavy atom. The average Bonchev–Trinajstić information content (AvgIpc) is 3.27. The molecule has 33 heavy (non-hydrogen) atoms. The van der Waals surface area contributed by atoms with Gasteiger partial charge < -0.3 is 14.7 Å². The van der Waals surface area contributed by atoms with Gasteiger partial charge in [-0.05, 0) is 49.0 Å². The number of nitriles is 1. The van der Waals surface area contributed by atoms with Gasteiger partial charge in [-0.1, -0.05) is 18.2 Å². The molecule has 0 aliphatic carbocycles. The third-order valence-electron chi connectivity index (χ3n) is 6.46. The highest BCUT2D eigenvalue weighted by molar-refractivity contribution is 6.01. The van der Waals surface area contributed by atoms with E-state index in [2.05, 4.69) is 16.0 Å². The molecular formula is C26H24FN5O. The van der Waals surface area contributed by atoms with Crippen LogP contribution in [0.2, 0.25) is 0 Å². The maximum absolute atomic E-state index is 15.1. The number of piperazine rings is 1. The van der Waals surface area contributed by atoms with E-state index in [9.17, 15) is 4.79 Å². The number of carbonyl (C=O) groups excluding carboxylic acids is 1. The molecular weight excluding hydrogens is 417 g/mol. The van der Waals surface area contributed by atoms with Gasteiger partial charge in [0.1, 0.15) is 11.7 Å². The van der Waals surface area contributed by atoms with Crippen LogP contribution in [0.25, 0.3) is 5.57 Å². The number of fused-ring (bicyclic) bond motifs is 1. The van der Waals surface area contributed by atoms with E-state index in [1.54, 1.807) is 29.2 Å². The van der Waals surface area contributed by atoms with Crippen molar-refractivity contribution >= 4 is 17.3 Å². The Morgan fingerprint density at radius 1 is 1.09 bits per heavy atom. The third kappa shape index (κ3) is 4.06. The van der Waals surface area contributed by atoms with Gasteiger partial charge in [-0.25, -0.2) is 4.39 Å². The largest absolute Gasteiger partial charge is 0.336 e. The highest BCUT2D eigenvalue weighted by atomic mass is 19.1. The minimum atomic E-state index is -0.416. The summed E-state index contributed by atoms with van der Waals surface area (Å²) in [7, 11) is 2.03. The summed E-state index contributed by atoms with van der Waals surface area (Å²) in [6.45, 7) is 3.55. The molecule has 0 saturated carbocycles. The first-order chi connectivity index (χ1) is 16.0. The Kier molecular flexibility index (Phi) is 5.53. The fraction of sp³-hybridized carbons (Fsp3) is 0.269. The number of amidine groups is 1. The topological polar surface area (TPSA) is 62.9 Å². The molecule has 0 radical (unpaired) electrons. The van der Waals surface area contributed by atoms with Crippen molar-refractivity contribution in [3.8, 4) is 6.07 Å². The van der Waals surface area contributed by atoms with Crippen LogP contribution in [0.15, 0.2) is 65.8 Å². The summed E-state index contributed by atoms with van der Waals surface area (Å²) >= 11 is 0. The van der Waals surface area contributed by atoms with Crippen molar-refractivity contribution in [1.82, 2.24) is 14.7 Å². The van der Waals surface area contributed by atoms with E-state index in [1.165, 1.54) is 6.07 Å². The van der Waals surface area contributed by atoms with Gasteiger partial charge >= 0.3 is 0 Å². The molecule has 2 aromatic carbocycles. The van der Waals surface area contributed by atoms with Crippen molar-refractivity contribution in [1.29, 1.82) is 5.26 Å². The maximum atomic E-state index is 15.1. The summed E-state index contributed by atoms with van der Waals surface area (Å²) in [4.78, 5) is 23.4. The van der Waals surface area contributed by atoms with E-state index in [4.69, 9.17) is 5.26 Å². The molecule has 1 fully saturated rings. The van der Waals surface area contributed by atoms with Gasteiger partial charge in [0.15, 0.2) is 0 Å². The van der Waals surface area contributed by atoms with Crippen LogP contribution in [0.5, 0.6) is 0 Å². The number of likely N-dealkylation sites (N-methyl/N-ethyl adjacent to an activating group) is 1. The molecule has 0 N–H and O–H groups in total. The van der Waals surface area contributed by atoms with E-state index in [-0.39, 0.29) is 11.9 Å². The number of nitrogens with zero attached hydrogens (tertiary/aromatic N) is 5. The van der Waals surface area contributed by atoms with Crippen molar-refractivity contribution < 1.29 is 9.18 Å². The van der Waals surface area contributed by atoms with E-state index in [0.29, 0.717) is 36.3 Å². The van der Waals surface area contributed by atoms with E-state index in [0.717, 1.165) is 30.1 Å². The van der Waals surface area contributed by atoms with Crippen LogP contribution < -0.4 is 0 Å². The fourth-order valence-electron chi connectivity index (χ4n) is 4.44. The lowest BCUT2D eigenvalue weighted by molar-refractivity contribution is 0.0663. The summed E-state index contributed by atoms with van der Waals surface area (Å²) in [5, 5.41) is 9.04. The highest BCUT2D eigenvalue weighted by Crippen LogP contribution is 2.33. The molecule has 1 saturated heterocycles. The molecule has 3 aliphatic rings. The first kappa shape index (κ1) is 21.1. The standard InChI is InChI=1S/C26H24FN5O/c1-30-10-12-31(13-11-30)26(33)20-6-8-22(23(27)14-20)21-7-9-25-29-16-24(32(25)17-21)19-4-2-18(15-28)3-5-19/h2-9,14,17,24H,10-13,16H2,1H3. The van der Waals surface area contributed by atoms with Crippen LogP contribution in [-0.4, -0.2) is 66.2 Å². The Bertz CT molecular complexity index is 1220. The molecule has 2 aromatic rings. The number of carbonyl (C=O) groups is 1. The number of allylic oxidation sites excluding steroid dienone is 2. The summed E-state index contributed by atoms with van der Waals surface area (Å²) in [5.74, 6) is 0.285. The molecule has 166 valence electrons. The lowest BCUT2D eigenvalue weighted by Gasteiger charge is -2.32. The summed E-state index contributed by atoms with van der Waals surface area (Å²) < 4.78 is 15.1. The molecule has 0 bridgehead atoms. The lowest BCUT2D eigenvalue weighted by atomic mass is 9.99. The van der Waals surface area contributed by atoms with E-state index < -0.39 is 5.82 Å². The number of benzene rings is 2. The van der Waals surface area contributed by atoms with Gasteiger partial charge in [0.25, 0.3) is 5.91 Å². The zero-order valence-electron chi connectivity index (χ0n) is 18.4. The molecule has 1 amide bonds. The van der Waals surface area contributed by atoms with Crippen LogP contribution in [-0.2, 0) is 0 Å². The zero-order chi connectivity index (χ0) is 22.9. The smallest absolute Gasteiger partial charge is 0.254 e. The van der Waals surface area contributed by atoms with Crippen molar-refractivity contribution in [3.63, 3.8) is 0 Å². The number of halogens is 1. The van der Waals surface area contributed by atoms with Crippen LogP contribution in [0.3, 0.4) is 0 Å². The van der Waals surface area contributed by atoms with E-state index >= 15 is 4.39 Å². The summed E-state index contributed by atoms with van der Waals surface area (Å²) in [6, 6.07) is 14.3. The van der Waals surface area contributed by atoms with Gasteiger partial charge in [-0.3, -0.25) is 9.79 Å². The second kappa shape index (κ2) is 8.64. The normalized spacial score (nSPS) is 20.2. The summed E-state index contributed by atoms with van der Waals surface area (Å²) in [5.41, 5.74) is 3.21. The SMILES string of the molecule is CN1CCN(C(=O)c2ccc(C3=CN4C(=NCC4c4ccc(C#N)cc4)C=C3)c(F)c2)CC1. The first-order valence-electron chi connectivity index (χ1n) is 11.0. The second-order valence-corrected chi connectivity index (χ2v) is 8.56. The van der Waals surface area contributed by atoms with Crippen LogP contribution in [0, 0.1) is 17.1 Å². The molecule has 3 heterocycles. The average molecular weight is 442 g/mol. The van der Waals surface area contributed by atoms with Gasteiger partial charge in [-0.15, -0.1) is 0 Å². The maximum Gasteiger partial charge on any atom is 0.254 e. The zero-order valence-corrected chi connectivity index (χ0v) is 18.4. The minimum Gasteiger partial charge on any atom is -0.336 e. The Labute approximate surface area is 192 Å². The number of hydrogen-bond donors (Lipinski definition) is 0. The third-order valence-corrected chi connectivity index (χ3v) is 6.46. The van der Waals surface area contributed by atoms with E-state index in [1.807, 2.05) is 42.4 Å². The molecule has 7 heteroatoms. The van der Waals surface area contributed by atoms with Crippen LogP contribution in [0.1, 0.15) is 33.1 Å². The molecule has 1 unspecified atom stereocenters. The van der Waals surface area contributed by atoms with Crippen molar-refractivity contribution in [2.75, 3.05) is 39.8 Å².